The van der Waals surface area contributed by atoms with Crippen molar-refractivity contribution in [1.29, 1.82) is 0 Å². The summed E-state index contributed by atoms with van der Waals surface area (Å²) in [5.41, 5.74) is 1.34. The van der Waals surface area contributed by atoms with E-state index in [0.717, 1.165) is 23.4 Å². The highest BCUT2D eigenvalue weighted by molar-refractivity contribution is 6.56. The van der Waals surface area contributed by atoms with Gasteiger partial charge in [0.15, 0.2) is 0 Å². The highest BCUT2D eigenvalue weighted by Gasteiger charge is 2.61. The van der Waals surface area contributed by atoms with E-state index < -0.39 is 0 Å². The lowest BCUT2D eigenvalue weighted by atomic mass is 9.58. The first-order valence-electron chi connectivity index (χ1n) is 6.69. The Kier molecular flexibility index (Phi) is 3.18. The Morgan fingerprint density at radius 1 is 1.41 bits per heavy atom. The molecule has 2 fully saturated rings. The molecule has 0 bridgehead atoms. The number of benzene rings is 1. The molecule has 0 spiro atoms. The fraction of sp³-hybridized carbons (Fsp3) is 0.571. The molecule has 3 rings (SSSR count). The zero-order valence-electron chi connectivity index (χ0n) is 10.2. The normalized spacial score (nSPS) is 30.5. The average Bonchev–Trinajstić information content (AvgIpc) is 2.91. The van der Waals surface area contributed by atoms with Gasteiger partial charge in [-0.2, -0.15) is 0 Å². The molecule has 0 radical (unpaired) electrons. The maximum atomic E-state index is 6.28. The van der Waals surface area contributed by atoms with Crippen molar-refractivity contribution in [1.82, 2.24) is 0 Å². The Hall–Kier alpha value is -0.465. The molecule has 1 aliphatic heterocycles. The SMILES string of the molecule is CCCCB1OC[C@H]2[C@@H]1[C@@H]2c1ccccc1Cl. The summed E-state index contributed by atoms with van der Waals surface area (Å²) in [6.45, 7) is 3.67. The van der Waals surface area contributed by atoms with Crippen LogP contribution in [0.1, 0.15) is 31.2 Å². The predicted octanol–water partition coefficient (Wildman–Crippen LogP) is 4.25. The molecule has 0 N–H and O–H groups in total. The van der Waals surface area contributed by atoms with Crippen LogP contribution >= 0.6 is 11.6 Å². The first-order valence-corrected chi connectivity index (χ1v) is 7.06. The van der Waals surface area contributed by atoms with Gasteiger partial charge in [0, 0.05) is 11.6 Å². The standard InChI is InChI=1S/C14H18BClO/c1-2-3-8-15-14-11(9-17-15)13(14)10-6-4-5-7-12(10)16/h4-7,11,13-14H,2-3,8-9H2,1H3/t11-,13-,14-/m1/s1. The minimum absolute atomic E-state index is 0.487. The largest absolute Gasteiger partial charge is 0.435 e. The topological polar surface area (TPSA) is 9.23 Å². The lowest BCUT2D eigenvalue weighted by Crippen LogP contribution is -2.15. The van der Waals surface area contributed by atoms with Crippen molar-refractivity contribution >= 4 is 18.5 Å². The van der Waals surface area contributed by atoms with Gasteiger partial charge in [0.1, 0.15) is 0 Å². The number of fused-ring (bicyclic) bond motifs is 1. The third-order valence-corrected chi connectivity index (χ3v) is 4.61. The Bertz CT molecular complexity index is 409. The monoisotopic (exact) mass is 248 g/mol. The van der Waals surface area contributed by atoms with Crippen LogP contribution in [0, 0.1) is 5.92 Å². The molecule has 1 saturated heterocycles. The van der Waals surface area contributed by atoms with Crippen LogP contribution in [-0.4, -0.2) is 13.5 Å². The van der Waals surface area contributed by atoms with Crippen LogP contribution in [0.3, 0.4) is 0 Å². The van der Waals surface area contributed by atoms with E-state index in [2.05, 4.69) is 19.1 Å². The van der Waals surface area contributed by atoms with E-state index in [1.165, 1.54) is 24.7 Å². The molecule has 0 aromatic heterocycles. The molecule has 1 nitrogen and oxygen atoms in total. The van der Waals surface area contributed by atoms with E-state index in [9.17, 15) is 0 Å². The highest BCUT2D eigenvalue weighted by Crippen LogP contribution is 2.65. The number of hydrogen-bond donors (Lipinski definition) is 0. The van der Waals surface area contributed by atoms with Crippen molar-refractivity contribution in [3.63, 3.8) is 0 Å². The average molecular weight is 249 g/mol. The van der Waals surface area contributed by atoms with Gasteiger partial charge in [-0.05, 0) is 35.6 Å². The van der Waals surface area contributed by atoms with Crippen molar-refractivity contribution in [3.05, 3.63) is 34.9 Å². The van der Waals surface area contributed by atoms with E-state index in [1.54, 1.807) is 0 Å². The van der Waals surface area contributed by atoms with Gasteiger partial charge in [-0.3, -0.25) is 0 Å². The molecule has 90 valence electrons. The Labute approximate surface area is 109 Å². The van der Waals surface area contributed by atoms with Gasteiger partial charge in [0.05, 0.1) is 0 Å². The molecule has 3 atom stereocenters. The van der Waals surface area contributed by atoms with Crippen LogP contribution in [0.4, 0.5) is 0 Å². The van der Waals surface area contributed by atoms with Gasteiger partial charge in [0.2, 0.25) is 0 Å². The molecule has 0 unspecified atom stereocenters. The summed E-state index contributed by atoms with van der Waals surface area (Å²) in [7, 11) is 0. The van der Waals surface area contributed by atoms with Gasteiger partial charge in [0.25, 0.3) is 6.92 Å². The summed E-state index contributed by atoms with van der Waals surface area (Å²) < 4.78 is 5.87. The van der Waals surface area contributed by atoms with Crippen LogP contribution < -0.4 is 0 Å². The zero-order chi connectivity index (χ0) is 11.8. The molecule has 1 aromatic carbocycles. The second-order valence-corrected chi connectivity index (χ2v) is 5.71. The van der Waals surface area contributed by atoms with E-state index in [4.69, 9.17) is 16.3 Å². The van der Waals surface area contributed by atoms with Crippen LogP contribution in [-0.2, 0) is 4.65 Å². The van der Waals surface area contributed by atoms with Gasteiger partial charge < -0.3 is 4.65 Å². The minimum Gasteiger partial charge on any atom is -0.435 e. The molecule has 17 heavy (non-hydrogen) atoms. The Morgan fingerprint density at radius 2 is 2.24 bits per heavy atom. The maximum absolute atomic E-state index is 6.28. The van der Waals surface area contributed by atoms with Gasteiger partial charge in [-0.25, -0.2) is 0 Å². The third-order valence-electron chi connectivity index (χ3n) is 4.27. The summed E-state index contributed by atoms with van der Waals surface area (Å²) in [6, 6.07) is 8.29. The van der Waals surface area contributed by atoms with Gasteiger partial charge in [-0.15, -0.1) is 0 Å². The molecule has 1 saturated carbocycles. The van der Waals surface area contributed by atoms with Crippen molar-refractivity contribution in [2.45, 2.75) is 37.8 Å². The minimum atomic E-state index is 0.487. The Balaban J connectivity index is 1.71. The smallest absolute Gasteiger partial charge is 0.297 e. The quantitative estimate of drug-likeness (QED) is 0.724. The van der Waals surface area contributed by atoms with E-state index in [-0.39, 0.29) is 0 Å². The van der Waals surface area contributed by atoms with E-state index in [0.29, 0.717) is 12.8 Å². The molecular weight excluding hydrogens is 230 g/mol. The summed E-state index contributed by atoms with van der Waals surface area (Å²) >= 11 is 6.28. The molecule has 2 aliphatic rings. The summed E-state index contributed by atoms with van der Waals surface area (Å²) in [5, 5.41) is 0.932. The highest BCUT2D eigenvalue weighted by atomic mass is 35.5. The fourth-order valence-corrected chi connectivity index (χ4v) is 3.59. The summed E-state index contributed by atoms with van der Waals surface area (Å²) in [4.78, 5) is 0. The lowest BCUT2D eigenvalue weighted by molar-refractivity contribution is 0.323. The zero-order valence-corrected chi connectivity index (χ0v) is 11.0. The second kappa shape index (κ2) is 4.66. The second-order valence-electron chi connectivity index (χ2n) is 5.30. The van der Waals surface area contributed by atoms with Crippen molar-refractivity contribution in [3.8, 4) is 0 Å². The summed E-state index contributed by atoms with van der Waals surface area (Å²) in [5.74, 6) is 2.14. The van der Waals surface area contributed by atoms with E-state index in [1.807, 2.05) is 12.1 Å². The predicted molar refractivity (Wildman–Crippen MR) is 72.9 cm³/mol. The third kappa shape index (κ3) is 2.02. The van der Waals surface area contributed by atoms with Crippen molar-refractivity contribution < 1.29 is 4.65 Å². The van der Waals surface area contributed by atoms with Crippen LogP contribution in [0.25, 0.3) is 0 Å². The summed E-state index contributed by atoms with van der Waals surface area (Å²) in [6.07, 6.45) is 3.76. The van der Waals surface area contributed by atoms with Gasteiger partial charge >= 0.3 is 0 Å². The number of rotatable bonds is 4. The molecule has 0 amide bonds. The van der Waals surface area contributed by atoms with E-state index >= 15 is 0 Å². The number of hydrogen-bond acceptors (Lipinski definition) is 1. The molecule has 1 aliphatic carbocycles. The number of halogens is 1. The van der Waals surface area contributed by atoms with Crippen LogP contribution in [0.15, 0.2) is 24.3 Å². The first-order chi connectivity index (χ1) is 8.33. The maximum Gasteiger partial charge on any atom is 0.297 e. The molecular formula is C14H18BClO. The molecule has 1 aromatic rings. The van der Waals surface area contributed by atoms with Crippen LogP contribution in [0.2, 0.25) is 17.2 Å². The fourth-order valence-electron chi connectivity index (χ4n) is 3.33. The first kappa shape index (κ1) is 11.6. The molecule has 1 heterocycles. The lowest BCUT2D eigenvalue weighted by Gasteiger charge is -2.12. The van der Waals surface area contributed by atoms with Crippen molar-refractivity contribution in [2.75, 3.05) is 6.61 Å². The molecule has 3 heteroatoms. The Morgan fingerprint density at radius 3 is 3.00 bits per heavy atom. The van der Waals surface area contributed by atoms with Crippen molar-refractivity contribution in [2.24, 2.45) is 5.92 Å². The number of unbranched alkanes of at least 4 members (excludes halogenated alkanes) is 1. The van der Waals surface area contributed by atoms with Crippen LogP contribution in [0.5, 0.6) is 0 Å². The van der Waals surface area contributed by atoms with Gasteiger partial charge in [-0.1, -0.05) is 49.6 Å².